The minimum absolute atomic E-state index is 0.136. The van der Waals surface area contributed by atoms with Gasteiger partial charge in [-0.15, -0.1) is 0 Å². The van der Waals surface area contributed by atoms with Crippen molar-refractivity contribution in [2.75, 3.05) is 0 Å². The topological polar surface area (TPSA) is 59.8 Å². The van der Waals surface area contributed by atoms with E-state index in [0.717, 1.165) is 30.4 Å². The lowest BCUT2D eigenvalue weighted by atomic mass is 9.93. The molecule has 1 aliphatic carbocycles. The summed E-state index contributed by atoms with van der Waals surface area (Å²) in [6.07, 6.45) is 10.3. The van der Waals surface area contributed by atoms with E-state index in [4.69, 9.17) is 0 Å². The van der Waals surface area contributed by atoms with Crippen LogP contribution in [-0.4, -0.2) is 20.7 Å². The lowest BCUT2D eigenvalue weighted by Gasteiger charge is -2.17. The van der Waals surface area contributed by atoms with Crippen LogP contribution in [-0.2, 0) is 17.9 Å². The number of nitrogens with zero attached hydrogens (tertiary/aromatic N) is 3. The van der Waals surface area contributed by atoms with Crippen LogP contribution in [0.25, 0.3) is 0 Å². The van der Waals surface area contributed by atoms with Gasteiger partial charge in [-0.05, 0) is 30.4 Å². The monoisotopic (exact) mass is 296 g/mol. The fourth-order valence-electron chi connectivity index (χ4n) is 2.63. The molecule has 1 amide bonds. The number of allylic oxidation sites excluding steroid dienone is 2. The Morgan fingerprint density at radius 3 is 2.73 bits per heavy atom. The SMILES string of the molecule is O=C(NCc1ccc(Cn2cncn2)cc1)C1CC=CCC1. The van der Waals surface area contributed by atoms with E-state index in [-0.39, 0.29) is 11.8 Å². The van der Waals surface area contributed by atoms with Crippen molar-refractivity contribution in [3.63, 3.8) is 0 Å². The van der Waals surface area contributed by atoms with E-state index in [1.807, 2.05) is 12.1 Å². The molecule has 1 aromatic carbocycles. The van der Waals surface area contributed by atoms with Crippen molar-refractivity contribution in [2.24, 2.45) is 5.92 Å². The molecule has 1 atom stereocenters. The maximum Gasteiger partial charge on any atom is 0.223 e. The normalized spacial score (nSPS) is 17.4. The molecule has 3 rings (SSSR count). The van der Waals surface area contributed by atoms with Crippen molar-refractivity contribution < 1.29 is 4.79 Å². The summed E-state index contributed by atoms with van der Waals surface area (Å²) >= 11 is 0. The third-order valence-electron chi connectivity index (χ3n) is 3.94. The predicted octanol–water partition coefficient (Wildman–Crippen LogP) is 2.30. The molecule has 0 fully saturated rings. The fraction of sp³-hybridized carbons (Fsp3) is 0.353. The highest BCUT2D eigenvalue weighted by Crippen LogP contribution is 2.18. The van der Waals surface area contributed by atoms with E-state index in [2.05, 4.69) is 39.7 Å². The maximum absolute atomic E-state index is 12.1. The minimum atomic E-state index is 0.136. The van der Waals surface area contributed by atoms with Gasteiger partial charge in [0.2, 0.25) is 5.91 Å². The molecule has 0 radical (unpaired) electrons. The minimum Gasteiger partial charge on any atom is -0.352 e. The second-order valence-electron chi connectivity index (χ2n) is 5.61. The highest BCUT2D eigenvalue weighted by Gasteiger charge is 2.17. The average Bonchev–Trinajstić information content (AvgIpc) is 3.08. The second kappa shape index (κ2) is 7.02. The third-order valence-corrected chi connectivity index (χ3v) is 3.94. The van der Waals surface area contributed by atoms with Gasteiger partial charge >= 0.3 is 0 Å². The van der Waals surface area contributed by atoms with Crippen LogP contribution in [0.5, 0.6) is 0 Å². The second-order valence-corrected chi connectivity index (χ2v) is 5.61. The Balaban J connectivity index is 1.50. The summed E-state index contributed by atoms with van der Waals surface area (Å²) < 4.78 is 1.79. The summed E-state index contributed by atoms with van der Waals surface area (Å²) in [5.74, 6) is 0.299. The standard InChI is InChI=1S/C17H20N4O/c22-17(16-4-2-1-3-5-16)19-10-14-6-8-15(9-7-14)11-21-13-18-12-20-21/h1-2,6-9,12-13,16H,3-5,10-11H2,(H,19,22). The van der Waals surface area contributed by atoms with Crippen LogP contribution in [0.15, 0.2) is 49.1 Å². The molecule has 0 spiro atoms. The summed E-state index contributed by atoms with van der Waals surface area (Å²) in [5, 5.41) is 7.12. The zero-order valence-corrected chi connectivity index (χ0v) is 12.5. The van der Waals surface area contributed by atoms with E-state index in [0.29, 0.717) is 13.1 Å². The van der Waals surface area contributed by atoms with Crippen LogP contribution in [0.4, 0.5) is 0 Å². The number of carbonyl (C=O) groups excluding carboxylic acids is 1. The molecule has 1 aliphatic rings. The van der Waals surface area contributed by atoms with Gasteiger partial charge in [0.1, 0.15) is 12.7 Å². The molecule has 0 saturated carbocycles. The molecule has 114 valence electrons. The Kier molecular flexibility index (Phi) is 4.63. The van der Waals surface area contributed by atoms with Crippen molar-refractivity contribution in [1.29, 1.82) is 0 Å². The molecule has 1 unspecified atom stereocenters. The van der Waals surface area contributed by atoms with Crippen LogP contribution in [0.3, 0.4) is 0 Å². The van der Waals surface area contributed by atoms with Crippen molar-refractivity contribution in [3.05, 3.63) is 60.2 Å². The molecular formula is C17H20N4O. The summed E-state index contributed by atoms with van der Waals surface area (Å²) in [6, 6.07) is 8.22. The van der Waals surface area contributed by atoms with Crippen LogP contribution in [0.2, 0.25) is 0 Å². The first-order valence-corrected chi connectivity index (χ1v) is 7.64. The highest BCUT2D eigenvalue weighted by atomic mass is 16.1. The van der Waals surface area contributed by atoms with Crippen molar-refractivity contribution in [3.8, 4) is 0 Å². The van der Waals surface area contributed by atoms with Gasteiger partial charge in [-0.1, -0.05) is 36.4 Å². The summed E-state index contributed by atoms with van der Waals surface area (Å²) in [7, 11) is 0. The molecule has 5 nitrogen and oxygen atoms in total. The van der Waals surface area contributed by atoms with Crippen molar-refractivity contribution in [1.82, 2.24) is 20.1 Å². The highest BCUT2D eigenvalue weighted by molar-refractivity contribution is 5.78. The molecule has 1 N–H and O–H groups in total. The van der Waals surface area contributed by atoms with Gasteiger partial charge in [0.25, 0.3) is 0 Å². The zero-order chi connectivity index (χ0) is 15.2. The number of aromatic nitrogens is 3. The number of hydrogen-bond acceptors (Lipinski definition) is 3. The predicted molar refractivity (Wildman–Crippen MR) is 83.9 cm³/mol. The molecule has 5 heteroatoms. The van der Waals surface area contributed by atoms with Gasteiger partial charge in [-0.2, -0.15) is 5.10 Å². The smallest absolute Gasteiger partial charge is 0.223 e. The van der Waals surface area contributed by atoms with E-state index >= 15 is 0 Å². The number of hydrogen-bond donors (Lipinski definition) is 1. The summed E-state index contributed by atoms with van der Waals surface area (Å²) in [4.78, 5) is 16.0. The summed E-state index contributed by atoms with van der Waals surface area (Å²) in [5.41, 5.74) is 2.28. The Bertz CT molecular complexity index is 631. The van der Waals surface area contributed by atoms with E-state index < -0.39 is 0 Å². The number of carbonyl (C=O) groups is 1. The van der Waals surface area contributed by atoms with Gasteiger partial charge in [0.05, 0.1) is 6.54 Å². The first kappa shape index (κ1) is 14.5. The zero-order valence-electron chi connectivity index (χ0n) is 12.5. The molecule has 2 aromatic rings. The Morgan fingerprint density at radius 1 is 1.23 bits per heavy atom. The molecule has 0 aliphatic heterocycles. The molecule has 1 aromatic heterocycles. The number of amides is 1. The fourth-order valence-corrected chi connectivity index (χ4v) is 2.63. The Morgan fingerprint density at radius 2 is 2.05 bits per heavy atom. The quantitative estimate of drug-likeness (QED) is 0.861. The van der Waals surface area contributed by atoms with E-state index in [1.54, 1.807) is 11.0 Å². The largest absolute Gasteiger partial charge is 0.352 e. The average molecular weight is 296 g/mol. The molecule has 0 bridgehead atoms. The van der Waals surface area contributed by atoms with Gasteiger partial charge in [-0.3, -0.25) is 4.79 Å². The first-order chi connectivity index (χ1) is 10.8. The Hall–Kier alpha value is -2.43. The van der Waals surface area contributed by atoms with Gasteiger partial charge < -0.3 is 5.32 Å². The van der Waals surface area contributed by atoms with Crippen LogP contribution < -0.4 is 5.32 Å². The molecule has 22 heavy (non-hydrogen) atoms. The number of rotatable bonds is 5. The van der Waals surface area contributed by atoms with Gasteiger partial charge in [0.15, 0.2) is 0 Å². The third kappa shape index (κ3) is 3.81. The first-order valence-electron chi connectivity index (χ1n) is 7.64. The lowest BCUT2D eigenvalue weighted by Crippen LogP contribution is -2.30. The van der Waals surface area contributed by atoms with Gasteiger partial charge in [0, 0.05) is 12.5 Å². The summed E-state index contributed by atoms with van der Waals surface area (Å²) in [6.45, 7) is 1.30. The number of benzene rings is 1. The van der Waals surface area contributed by atoms with Crippen LogP contribution >= 0.6 is 0 Å². The lowest BCUT2D eigenvalue weighted by molar-refractivity contribution is -0.125. The van der Waals surface area contributed by atoms with E-state index in [9.17, 15) is 4.79 Å². The Labute approximate surface area is 130 Å². The van der Waals surface area contributed by atoms with Crippen LogP contribution in [0.1, 0.15) is 30.4 Å². The molecule has 1 heterocycles. The van der Waals surface area contributed by atoms with E-state index in [1.165, 1.54) is 6.33 Å². The number of nitrogens with one attached hydrogen (secondary N) is 1. The maximum atomic E-state index is 12.1. The van der Waals surface area contributed by atoms with Crippen molar-refractivity contribution >= 4 is 5.91 Å². The molecule has 0 saturated heterocycles. The van der Waals surface area contributed by atoms with Gasteiger partial charge in [-0.25, -0.2) is 9.67 Å². The molecular weight excluding hydrogens is 276 g/mol. The van der Waals surface area contributed by atoms with Crippen LogP contribution in [0, 0.1) is 5.92 Å². The van der Waals surface area contributed by atoms with Crippen molar-refractivity contribution in [2.45, 2.75) is 32.4 Å².